The molecule has 0 heterocycles. The van der Waals surface area contributed by atoms with Gasteiger partial charge >= 0.3 is 0 Å². The molecule has 0 aliphatic heterocycles. The van der Waals surface area contributed by atoms with E-state index in [9.17, 15) is 0 Å². The first-order valence-electron chi connectivity index (χ1n) is 7.34. The van der Waals surface area contributed by atoms with Gasteiger partial charge in [-0.15, -0.1) is 0 Å². The number of nitrogens with one attached hydrogen (secondary N) is 1. The number of ether oxygens (including phenoxy) is 1. The van der Waals surface area contributed by atoms with Crippen molar-refractivity contribution in [3.05, 3.63) is 58.1 Å². The number of methoxy groups -OCH3 is 1. The van der Waals surface area contributed by atoms with Gasteiger partial charge in [0.1, 0.15) is 5.75 Å². The predicted molar refractivity (Wildman–Crippen MR) is 91.0 cm³/mol. The van der Waals surface area contributed by atoms with E-state index >= 15 is 0 Å². The molecular formula is C18H20BrNO. The molecule has 2 aromatic carbocycles. The second-order valence-electron chi connectivity index (χ2n) is 5.72. The summed E-state index contributed by atoms with van der Waals surface area (Å²) in [5.74, 6) is 1.60. The normalized spacial score (nSPS) is 15.6. The van der Waals surface area contributed by atoms with E-state index in [-0.39, 0.29) is 0 Å². The molecule has 1 N–H and O–H groups in total. The Labute approximate surface area is 134 Å². The highest BCUT2D eigenvalue weighted by Gasteiger charge is 2.32. The van der Waals surface area contributed by atoms with Crippen LogP contribution >= 0.6 is 15.9 Å². The summed E-state index contributed by atoms with van der Waals surface area (Å²) in [5, 5.41) is 3.69. The van der Waals surface area contributed by atoms with Crippen LogP contribution in [0.3, 0.4) is 0 Å². The summed E-state index contributed by atoms with van der Waals surface area (Å²) >= 11 is 3.62. The van der Waals surface area contributed by atoms with E-state index in [1.54, 1.807) is 7.11 Å². The third-order valence-electron chi connectivity index (χ3n) is 4.01. The van der Waals surface area contributed by atoms with Crippen LogP contribution in [0.1, 0.15) is 30.0 Å². The maximum Gasteiger partial charge on any atom is 0.121 e. The number of hydrogen-bond donors (Lipinski definition) is 1. The Morgan fingerprint density at radius 3 is 2.48 bits per heavy atom. The molecule has 1 saturated carbocycles. The van der Waals surface area contributed by atoms with Crippen LogP contribution in [0, 0.1) is 12.8 Å². The van der Waals surface area contributed by atoms with E-state index in [1.807, 2.05) is 18.2 Å². The van der Waals surface area contributed by atoms with Crippen molar-refractivity contribution in [1.82, 2.24) is 0 Å². The lowest BCUT2D eigenvalue weighted by Gasteiger charge is -2.21. The molecule has 1 atom stereocenters. The molecule has 2 aromatic rings. The van der Waals surface area contributed by atoms with Crippen molar-refractivity contribution in [2.24, 2.45) is 5.92 Å². The van der Waals surface area contributed by atoms with Gasteiger partial charge in [0.25, 0.3) is 0 Å². The van der Waals surface area contributed by atoms with Crippen molar-refractivity contribution in [1.29, 1.82) is 0 Å². The van der Waals surface area contributed by atoms with E-state index in [4.69, 9.17) is 4.74 Å². The third kappa shape index (κ3) is 3.41. The molecule has 0 spiro atoms. The van der Waals surface area contributed by atoms with E-state index < -0.39 is 0 Å². The zero-order chi connectivity index (χ0) is 14.8. The van der Waals surface area contributed by atoms with Crippen molar-refractivity contribution in [3.63, 3.8) is 0 Å². The maximum atomic E-state index is 5.33. The van der Waals surface area contributed by atoms with Crippen molar-refractivity contribution in [2.75, 3.05) is 12.4 Å². The molecule has 1 aliphatic rings. The second-order valence-corrected chi connectivity index (χ2v) is 6.57. The van der Waals surface area contributed by atoms with Crippen LogP contribution in [-0.4, -0.2) is 7.11 Å². The molecule has 2 nitrogen and oxygen atoms in total. The molecule has 3 rings (SSSR count). The summed E-state index contributed by atoms with van der Waals surface area (Å²) in [6.07, 6.45) is 2.60. The third-order valence-corrected chi connectivity index (χ3v) is 4.71. The van der Waals surface area contributed by atoms with Crippen LogP contribution in [0.2, 0.25) is 0 Å². The van der Waals surface area contributed by atoms with Crippen LogP contribution in [0.15, 0.2) is 46.9 Å². The predicted octanol–water partition coefficient (Wildman–Crippen LogP) is 5.33. The van der Waals surface area contributed by atoms with Crippen LogP contribution in [0.25, 0.3) is 0 Å². The van der Waals surface area contributed by atoms with Gasteiger partial charge in [-0.05, 0) is 59.3 Å². The fourth-order valence-corrected chi connectivity index (χ4v) is 2.95. The highest BCUT2D eigenvalue weighted by Crippen LogP contribution is 2.44. The Bertz CT molecular complexity index is 620. The summed E-state index contributed by atoms with van der Waals surface area (Å²) in [6, 6.07) is 15.3. The first kappa shape index (κ1) is 14.5. The van der Waals surface area contributed by atoms with E-state index in [2.05, 4.69) is 52.4 Å². The summed E-state index contributed by atoms with van der Waals surface area (Å²) in [4.78, 5) is 0. The Morgan fingerprint density at radius 1 is 1.14 bits per heavy atom. The van der Waals surface area contributed by atoms with Gasteiger partial charge in [-0.3, -0.25) is 0 Å². The minimum absolute atomic E-state index is 0.369. The fraction of sp³-hybridized carbons (Fsp3) is 0.333. The average Bonchev–Trinajstić information content (AvgIpc) is 3.32. The highest BCUT2D eigenvalue weighted by molar-refractivity contribution is 9.10. The number of aryl methyl sites for hydroxylation is 1. The fourth-order valence-electron chi connectivity index (χ4n) is 2.59. The first-order chi connectivity index (χ1) is 10.2. The number of halogens is 1. The van der Waals surface area contributed by atoms with Crippen molar-refractivity contribution >= 4 is 21.6 Å². The van der Waals surface area contributed by atoms with E-state index in [0.29, 0.717) is 6.04 Å². The minimum Gasteiger partial charge on any atom is -0.497 e. The second kappa shape index (κ2) is 6.10. The van der Waals surface area contributed by atoms with Crippen LogP contribution in [0.4, 0.5) is 5.69 Å². The largest absolute Gasteiger partial charge is 0.497 e. The molecule has 1 aliphatic carbocycles. The van der Waals surface area contributed by atoms with Gasteiger partial charge in [0.2, 0.25) is 0 Å². The van der Waals surface area contributed by atoms with Gasteiger partial charge in [-0.2, -0.15) is 0 Å². The minimum atomic E-state index is 0.369. The molecule has 110 valence electrons. The Balaban J connectivity index is 1.87. The first-order valence-corrected chi connectivity index (χ1v) is 8.13. The van der Waals surface area contributed by atoms with Crippen molar-refractivity contribution in [3.8, 4) is 5.75 Å². The molecule has 1 fully saturated rings. The zero-order valence-corrected chi connectivity index (χ0v) is 14.0. The van der Waals surface area contributed by atoms with E-state index in [0.717, 1.165) is 21.8 Å². The monoisotopic (exact) mass is 345 g/mol. The van der Waals surface area contributed by atoms with E-state index in [1.165, 1.54) is 24.0 Å². The molecule has 0 radical (unpaired) electrons. The van der Waals surface area contributed by atoms with Gasteiger partial charge < -0.3 is 10.1 Å². The highest BCUT2D eigenvalue weighted by atomic mass is 79.9. The van der Waals surface area contributed by atoms with Gasteiger partial charge in [-0.1, -0.05) is 29.8 Å². The number of rotatable bonds is 5. The van der Waals surface area contributed by atoms with Crippen LogP contribution in [-0.2, 0) is 0 Å². The van der Waals surface area contributed by atoms with Crippen molar-refractivity contribution < 1.29 is 4.74 Å². The molecule has 0 amide bonds. The van der Waals surface area contributed by atoms with Crippen LogP contribution < -0.4 is 10.1 Å². The molecule has 0 aromatic heterocycles. The number of benzene rings is 2. The van der Waals surface area contributed by atoms with Gasteiger partial charge in [0.15, 0.2) is 0 Å². The summed E-state index contributed by atoms with van der Waals surface area (Å²) in [5.41, 5.74) is 3.75. The lowest BCUT2D eigenvalue weighted by molar-refractivity contribution is 0.415. The van der Waals surface area contributed by atoms with Gasteiger partial charge in [0.05, 0.1) is 18.8 Å². The Morgan fingerprint density at radius 2 is 1.86 bits per heavy atom. The summed E-state index contributed by atoms with van der Waals surface area (Å²) in [7, 11) is 1.70. The molecule has 3 heteroatoms. The van der Waals surface area contributed by atoms with Gasteiger partial charge in [0, 0.05) is 10.5 Å². The lowest BCUT2D eigenvalue weighted by atomic mass is 10.0. The molecular weight excluding hydrogens is 326 g/mol. The smallest absolute Gasteiger partial charge is 0.121 e. The Kier molecular flexibility index (Phi) is 4.20. The average molecular weight is 346 g/mol. The maximum absolute atomic E-state index is 5.33. The summed E-state index contributed by atoms with van der Waals surface area (Å²) < 4.78 is 6.40. The Hall–Kier alpha value is -1.48. The van der Waals surface area contributed by atoms with Gasteiger partial charge in [-0.25, -0.2) is 0 Å². The molecule has 0 saturated heterocycles. The molecule has 0 bridgehead atoms. The summed E-state index contributed by atoms with van der Waals surface area (Å²) in [6.45, 7) is 2.13. The molecule has 1 unspecified atom stereocenters. The standard InChI is InChI=1S/C18H20BrNO/c1-12-3-5-13(6-4-12)18(14-7-8-14)20-17-11-15(21-2)9-10-16(17)19/h3-6,9-11,14,18,20H,7-8H2,1-2H3. The zero-order valence-electron chi connectivity index (χ0n) is 12.4. The number of hydrogen-bond acceptors (Lipinski definition) is 2. The quantitative estimate of drug-likeness (QED) is 0.790. The van der Waals surface area contributed by atoms with Crippen LogP contribution in [0.5, 0.6) is 5.75 Å². The number of anilines is 1. The molecule has 21 heavy (non-hydrogen) atoms. The topological polar surface area (TPSA) is 21.3 Å². The van der Waals surface area contributed by atoms with Crippen molar-refractivity contribution in [2.45, 2.75) is 25.8 Å². The SMILES string of the molecule is COc1ccc(Br)c(NC(c2ccc(C)cc2)C2CC2)c1. The lowest BCUT2D eigenvalue weighted by Crippen LogP contribution is -2.13.